The van der Waals surface area contributed by atoms with Gasteiger partial charge >= 0.3 is 11.9 Å². The highest BCUT2D eigenvalue weighted by Crippen LogP contribution is 2.62. The number of carbonyl (C=O) groups excluding carboxylic acids is 1. The molecule has 0 spiro atoms. The first-order valence-corrected chi connectivity index (χ1v) is 12.2. The molecule has 1 saturated carbocycles. The normalized spacial score (nSPS) is 31.4. The first-order chi connectivity index (χ1) is 16.1. The van der Waals surface area contributed by atoms with Crippen molar-refractivity contribution in [1.82, 2.24) is 0 Å². The predicted molar refractivity (Wildman–Crippen MR) is 130 cm³/mol. The summed E-state index contributed by atoms with van der Waals surface area (Å²) in [7, 11) is 0. The van der Waals surface area contributed by atoms with Crippen molar-refractivity contribution < 1.29 is 29.6 Å². The molecule has 2 aliphatic carbocycles. The molecule has 3 N–H and O–H groups in total. The lowest BCUT2D eigenvalue weighted by Gasteiger charge is -2.60. The average molecular weight is 471 g/mol. The summed E-state index contributed by atoms with van der Waals surface area (Å²) in [5.74, 6) is -1.25. The summed E-state index contributed by atoms with van der Waals surface area (Å²) in [5.41, 5.74) is 1.70. The summed E-state index contributed by atoms with van der Waals surface area (Å²) in [4.78, 5) is 23.7. The zero-order chi connectivity index (χ0) is 24.9. The number of allylic oxidation sites excluding steroid dienone is 2. The Morgan fingerprint density at radius 2 is 1.91 bits per heavy atom. The molecule has 0 heterocycles. The van der Waals surface area contributed by atoms with Gasteiger partial charge in [0.2, 0.25) is 0 Å². The molecule has 6 heteroatoms. The van der Waals surface area contributed by atoms with Crippen LogP contribution in [0.5, 0.6) is 0 Å². The van der Waals surface area contributed by atoms with Gasteiger partial charge in [0, 0.05) is 17.4 Å². The van der Waals surface area contributed by atoms with Crippen LogP contribution < -0.4 is 0 Å². The van der Waals surface area contributed by atoms with Crippen molar-refractivity contribution in [3.8, 4) is 0 Å². The highest BCUT2D eigenvalue weighted by Gasteiger charge is 2.59. The van der Waals surface area contributed by atoms with Gasteiger partial charge in [0.25, 0.3) is 0 Å². The lowest BCUT2D eigenvalue weighted by molar-refractivity contribution is -0.162. The second-order valence-electron chi connectivity index (χ2n) is 10.4. The van der Waals surface area contributed by atoms with Crippen molar-refractivity contribution in [2.24, 2.45) is 22.7 Å². The van der Waals surface area contributed by atoms with Gasteiger partial charge in [0.15, 0.2) is 0 Å². The molecule has 0 bridgehead atoms. The molecular formula is C28H38O6. The van der Waals surface area contributed by atoms with Crippen LogP contribution >= 0.6 is 0 Å². The Hall–Kier alpha value is -2.44. The van der Waals surface area contributed by atoms with Crippen LogP contribution in [-0.2, 0) is 20.7 Å². The topological polar surface area (TPSA) is 104 Å². The summed E-state index contributed by atoms with van der Waals surface area (Å²) in [6.45, 7) is 6.18. The summed E-state index contributed by atoms with van der Waals surface area (Å²) in [6, 6.07) is 9.47. The van der Waals surface area contributed by atoms with E-state index in [0.29, 0.717) is 12.8 Å². The number of ether oxygens (including phenoxy) is 1. The quantitative estimate of drug-likeness (QED) is 0.282. The minimum atomic E-state index is -0.957. The van der Waals surface area contributed by atoms with Crippen molar-refractivity contribution in [1.29, 1.82) is 0 Å². The first kappa shape index (κ1) is 26.2. The van der Waals surface area contributed by atoms with Crippen molar-refractivity contribution in [3.05, 3.63) is 59.2 Å². The lowest BCUT2D eigenvalue weighted by Crippen LogP contribution is -2.58. The Bertz CT molecular complexity index is 935. The standard InChI is InChI=1S/C28H38O6/c1-19(14-25(31)32)12-13-27(2)22(18-34-26(33)15-20-8-5-4-6-9-20)16-24(30)28(3)21(17-29)10-7-11-23(27)28/h4-6,8-10,14,22-24,29-30H,7,11-13,15-18H2,1-3H3,(H,31,32)/b19-14+/t22-,23+,24-,27-,28-/m0/s1. The van der Waals surface area contributed by atoms with Gasteiger partial charge < -0.3 is 20.1 Å². The van der Waals surface area contributed by atoms with E-state index < -0.39 is 17.5 Å². The van der Waals surface area contributed by atoms with E-state index in [-0.39, 0.29) is 42.9 Å². The van der Waals surface area contributed by atoms with E-state index in [1.54, 1.807) is 0 Å². The predicted octanol–water partition coefficient (Wildman–Crippen LogP) is 4.31. The molecule has 5 atom stereocenters. The number of benzene rings is 1. The molecule has 34 heavy (non-hydrogen) atoms. The number of hydrogen-bond acceptors (Lipinski definition) is 5. The van der Waals surface area contributed by atoms with Gasteiger partial charge in [-0.15, -0.1) is 0 Å². The number of aliphatic hydroxyl groups is 2. The molecule has 0 aromatic heterocycles. The number of hydrogen-bond donors (Lipinski definition) is 3. The second-order valence-corrected chi connectivity index (χ2v) is 10.4. The number of aliphatic hydroxyl groups excluding tert-OH is 2. The van der Waals surface area contributed by atoms with Gasteiger partial charge in [0.1, 0.15) is 0 Å². The van der Waals surface area contributed by atoms with Gasteiger partial charge in [-0.05, 0) is 61.5 Å². The van der Waals surface area contributed by atoms with E-state index in [4.69, 9.17) is 9.84 Å². The third-order valence-electron chi connectivity index (χ3n) is 8.43. The molecular weight excluding hydrogens is 432 g/mol. The van der Waals surface area contributed by atoms with Crippen LogP contribution in [0.1, 0.15) is 58.4 Å². The lowest BCUT2D eigenvalue weighted by atomic mass is 9.45. The van der Waals surface area contributed by atoms with Gasteiger partial charge in [-0.25, -0.2) is 4.79 Å². The van der Waals surface area contributed by atoms with Crippen molar-refractivity contribution in [2.75, 3.05) is 13.2 Å². The van der Waals surface area contributed by atoms with E-state index in [1.165, 1.54) is 6.08 Å². The number of esters is 1. The molecule has 1 fully saturated rings. The SMILES string of the molecule is C/C(=C\C(=O)O)CC[C@@]1(C)[C@H](COC(=O)Cc2ccccc2)C[C@H](O)[C@@]2(C)C(CO)=CCC[C@H]12. The minimum absolute atomic E-state index is 0.0732. The van der Waals surface area contributed by atoms with E-state index in [2.05, 4.69) is 13.0 Å². The number of carbonyl (C=O) groups is 2. The maximum Gasteiger partial charge on any atom is 0.328 e. The third kappa shape index (κ3) is 5.44. The van der Waals surface area contributed by atoms with E-state index in [9.17, 15) is 19.8 Å². The molecule has 0 radical (unpaired) electrons. The van der Waals surface area contributed by atoms with E-state index >= 15 is 0 Å². The monoisotopic (exact) mass is 470 g/mol. The zero-order valence-corrected chi connectivity index (χ0v) is 20.5. The molecule has 1 aromatic rings. The fraction of sp³-hybridized carbons (Fsp3) is 0.571. The number of rotatable bonds is 9. The van der Waals surface area contributed by atoms with Crippen molar-refractivity contribution >= 4 is 11.9 Å². The van der Waals surface area contributed by atoms with Crippen LogP contribution in [0.4, 0.5) is 0 Å². The summed E-state index contributed by atoms with van der Waals surface area (Å²) in [6.07, 6.45) is 6.32. The minimum Gasteiger partial charge on any atom is -0.478 e. The summed E-state index contributed by atoms with van der Waals surface area (Å²) in [5, 5.41) is 30.5. The highest BCUT2D eigenvalue weighted by molar-refractivity contribution is 5.80. The smallest absolute Gasteiger partial charge is 0.328 e. The van der Waals surface area contributed by atoms with Crippen LogP contribution in [0.3, 0.4) is 0 Å². The molecule has 0 unspecified atom stereocenters. The highest BCUT2D eigenvalue weighted by atomic mass is 16.5. The largest absolute Gasteiger partial charge is 0.478 e. The van der Waals surface area contributed by atoms with Crippen LogP contribution in [0.15, 0.2) is 53.6 Å². The Morgan fingerprint density at radius 3 is 2.56 bits per heavy atom. The van der Waals surface area contributed by atoms with Gasteiger partial charge in [0.05, 0.1) is 25.7 Å². The summed E-state index contributed by atoms with van der Waals surface area (Å²) < 4.78 is 5.74. The van der Waals surface area contributed by atoms with Crippen LogP contribution in [-0.4, -0.2) is 46.6 Å². The third-order valence-corrected chi connectivity index (χ3v) is 8.43. The Kier molecular flexibility index (Phi) is 8.37. The maximum absolute atomic E-state index is 12.6. The average Bonchev–Trinajstić information content (AvgIpc) is 2.79. The number of fused-ring (bicyclic) bond motifs is 1. The number of carboxylic acids is 1. The number of carboxylic acid groups (broad SMARTS) is 1. The molecule has 2 aliphatic rings. The van der Waals surface area contributed by atoms with Crippen LogP contribution in [0, 0.1) is 22.7 Å². The zero-order valence-electron chi connectivity index (χ0n) is 20.5. The van der Waals surface area contributed by atoms with Gasteiger partial charge in [-0.1, -0.05) is 55.8 Å². The maximum atomic E-state index is 12.6. The van der Waals surface area contributed by atoms with Crippen LogP contribution in [0.25, 0.3) is 0 Å². The van der Waals surface area contributed by atoms with E-state index in [0.717, 1.165) is 36.0 Å². The molecule has 6 nitrogen and oxygen atoms in total. The summed E-state index contributed by atoms with van der Waals surface area (Å²) >= 11 is 0. The Morgan fingerprint density at radius 1 is 1.21 bits per heavy atom. The Balaban J connectivity index is 1.83. The second kappa shape index (κ2) is 10.9. The fourth-order valence-corrected chi connectivity index (χ4v) is 6.32. The van der Waals surface area contributed by atoms with E-state index in [1.807, 2.05) is 44.2 Å². The number of aliphatic carboxylic acids is 1. The van der Waals surface area contributed by atoms with Gasteiger partial charge in [-0.2, -0.15) is 0 Å². The molecule has 1 aromatic carbocycles. The van der Waals surface area contributed by atoms with Crippen molar-refractivity contribution in [2.45, 2.75) is 65.4 Å². The molecule has 0 aliphatic heterocycles. The molecule has 0 amide bonds. The molecule has 186 valence electrons. The molecule has 3 rings (SSSR count). The molecule has 0 saturated heterocycles. The van der Waals surface area contributed by atoms with Gasteiger partial charge in [-0.3, -0.25) is 4.79 Å². The Labute approximate surface area is 202 Å². The fourth-order valence-electron chi connectivity index (χ4n) is 6.32. The first-order valence-electron chi connectivity index (χ1n) is 12.2. The van der Waals surface area contributed by atoms with Crippen LogP contribution in [0.2, 0.25) is 0 Å². The van der Waals surface area contributed by atoms with Crippen molar-refractivity contribution in [3.63, 3.8) is 0 Å².